The molecule has 2 heterocycles. The second-order valence-corrected chi connectivity index (χ2v) is 9.53. The molecule has 1 aliphatic rings. The van der Waals surface area contributed by atoms with Gasteiger partial charge in [-0.1, -0.05) is 28.1 Å². The number of rotatable bonds is 6. The van der Waals surface area contributed by atoms with Gasteiger partial charge in [0.2, 0.25) is 0 Å². The molecule has 0 bridgehead atoms. The number of nitro benzene ring substituents is 1. The van der Waals surface area contributed by atoms with Crippen molar-refractivity contribution in [2.75, 3.05) is 0 Å². The number of amides is 2. The van der Waals surface area contributed by atoms with Gasteiger partial charge in [0.15, 0.2) is 6.29 Å². The Kier molecular flexibility index (Phi) is 6.54. The van der Waals surface area contributed by atoms with Gasteiger partial charge in [0.25, 0.3) is 16.8 Å². The van der Waals surface area contributed by atoms with Crippen LogP contribution in [0.15, 0.2) is 57.9 Å². The van der Waals surface area contributed by atoms with Gasteiger partial charge in [-0.25, -0.2) is 0 Å². The molecule has 3 aromatic rings. The first-order valence-electron chi connectivity index (χ1n) is 10.1. The molecule has 10 heteroatoms. The van der Waals surface area contributed by atoms with Crippen LogP contribution in [0.3, 0.4) is 0 Å². The third kappa shape index (κ3) is 4.34. The minimum atomic E-state index is -0.512. The predicted octanol–water partition coefficient (Wildman–Crippen LogP) is 5.81. The lowest BCUT2D eigenvalue weighted by molar-refractivity contribution is -0.384. The first-order chi connectivity index (χ1) is 16.2. The number of nitrogens with zero attached hydrogens (tertiary/aromatic N) is 3. The van der Waals surface area contributed by atoms with Crippen molar-refractivity contribution in [2.45, 2.75) is 20.4 Å². The molecule has 0 aliphatic carbocycles. The Morgan fingerprint density at radius 1 is 1.00 bits per heavy atom. The highest BCUT2D eigenvalue weighted by Crippen LogP contribution is 2.36. The highest BCUT2D eigenvalue weighted by Gasteiger charge is 2.35. The zero-order valence-corrected chi connectivity index (χ0v) is 20.6. The van der Waals surface area contributed by atoms with Crippen molar-refractivity contribution in [3.63, 3.8) is 0 Å². The summed E-state index contributed by atoms with van der Waals surface area (Å²) in [5.41, 5.74) is 3.91. The number of aldehydes is 1. The minimum absolute atomic E-state index is 0.00153. The van der Waals surface area contributed by atoms with Crippen LogP contribution in [-0.4, -0.2) is 31.8 Å². The molecule has 172 valence electrons. The molecule has 2 amide bonds. The number of hydrogen-bond acceptors (Lipinski definition) is 6. The molecular formula is C24H18BrN3O5S. The smallest absolute Gasteiger partial charge is 0.293 e. The van der Waals surface area contributed by atoms with Crippen molar-refractivity contribution >= 4 is 56.9 Å². The minimum Gasteiger partial charge on any atom is -0.317 e. The van der Waals surface area contributed by atoms with Gasteiger partial charge >= 0.3 is 0 Å². The molecule has 34 heavy (non-hydrogen) atoms. The first kappa shape index (κ1) is 23.7. The quantitative estimate of drug-likeness (QED) is 0.169. The van der Waals surface area contributed by atoms with Crippen LogP contribution in [0, 0.1) is 24.0 Å². The molecule has 1 fully saturated rings. The van der Waals surface area contributed by atoms with Gasteiger partial charge in [-0.05, 0) is 61.5 Å². The van der Waals surface area contributed by atoms with Crippen LogP contribution in [0.1, 0.15) is 32.9 Å². The number of carbonyl (C=O) groups is 3. The SMILES string of the molecule is Cc1c(C=O)c(/C=C2\SC(=O)N(Cc3ccc([N+](=O)[O-])cc3)C2=O)c(C)n1-c1ccc(Br)cc1. The number of thioether (sulfide) groups is 1. The third-order valence-electron chi connectivity index (χ3n) is 5.58. The van der Waals surface area contributed by atoms with E-state index in [-0.39, 0.29) is 17.1 Å². The second kappa shape index (κ2) is 9.40. The summed E-state index contributed by atoms with van der Waals surface area (Å²) in [6.07, 6.45) is 2.34. The Hall–Kier alpha value is -3.50. The summed E-state index contributed by atoms with van der Waals surface area (Å²) in [6.45, 7) is 3.68. The monoisotopic (exact) mass is 539 g/mol. The molecule has 1 saturated heterocycles. The van der Waals surface area contributed by atoms with Gasteiger partial charge in [0.05, 0.1) is 16.4 Å². The van der Waals surface area contributed by atoms with E-state index >= 15 is 0 Å². The molecular weight excluding hydrogens is 522 g/mol. The Morgan fingerprint density at radius 3 is 2.21 bits per heavy atom. The maximum Gasteiger partial charge on any atom is 0.293 e. The summed E-state index contributed by atoms with van der Waals surface area (Å²) in [5.74, 6) is -0.473. The molecule has 0 unspecified atom stereocenters. The van der Waals surface area contributed by atoms with E-state index in [0.29, 0.717) is 16.7 Å². The Labute approximate surface area is 207 Å². The number of carbonyl (C=O) groups excluding carboxylic acids is 3. The van der Waals surface area contributed by atoms with Crippen molar-refractivity contribution in [1.29, 1.82) is 0 Å². The van der Waals surface area contributed by atoms with E-state index in [0.717, 1.165) is 44.5 Å². The number of non-ortho nitro benzene ring substituents is 1. The van der Waals surface area contributed by atoms with Crippen molar-refractivity contribution in [3.8, 4) is 5.69 Å². The number of imide groups is 1. The zero-order chi connectivity index (χ0) is 24.6. The fraction of sp³-hybridized carbons (Fsp3) is 0.125. The Morgan fingerprint density at radius 2 is 1.62 bits per heavy atom. The molecule has 2 aromatic carbocycles. The summed E-state index contributed by atoms with van der Waals surface area (Å²) >= 11 is 4.22. The average Bonchev–Trinajstić information content (AvgIpc) is 3.21. The molecule has 1 aromatic heterocycles. The highest BCUT2D eigenvalue weighted by atomic mass is 79.9. The van der Waals surface area contributed by atoms with E-state index in [4.69, 9.17) is 0 Å². The molecule has 0 saturated carbocycles. The molecule has 0 N–H and O–H groups in total. The molecule has 0 spiro atoms. The zero-order valence-electron chi connectivity index (χ0n) is 18.1. The van der Waals surface area contributed by atoms with E-state index < -0.39 is 16.1 Å². The van der Waals surface area contributed by atoms with Gasteiger partial charge in [0.1, 0.15) is 0 Å². The predicted molar refractivity (Wildman–Crippen MR) is 133 cm³/mol. The van der Waals surface area contributed by atoms with Crippen LogP contribution >= 0.6 is 27.7 Å². The van der Waals surface area contributed by atoms with E-state index in [9.17, 15) is 24.5 Å². The molecule has 8 nitrogen and oxygen atoms in total. The normalized spacial score (nSPS) is 14.8. The number of nitro groups is 1. The summed E-state index contributed by atoms with van der Waals surface area (Å²) < 4.78 is 2.86. The van der Waals surface area contributed by atoms with Crippen LogP contribution in [0.5, 0.6) is 0 Å². The standard InChI is InChI=1S/C24H18BrN3O5S/c1-14-20(21(13-29)15(2)27(14)18-9-5-17(25)6-10-18)11-22-23(30)26(24(31)34-22)12-16-3-7-19(8-4-16)28(32)33/h3-11,13H,12H2,1-2H3/b22-11-. The summed E-state index contributed by atoms with van der Waals surface area (Å²) in [5, 5.41) is 10.4. The molecule has 0 radical (unpaired) electrons. The lowest BCUT2D eigenvalue weighted by atomic mass is 10.1. The fourth-order valence-electron chi connectivity index (χ4n) is 3.86. The first-order valence-corrected chi connectivity index (χ1v) is 11.7. The van der Waals surface area contributed by atoms with Gasteiger partial charge in [0, 0.05) is 44.8 Å². The lowest BCUT2D eigenvalue weighted by Gasteiger charge is -2.12. The van der Waals surface area contributed by atoms with Crippen molar-refractivity contribution in [2.24, 2.45) is 0 Å². The number of aromatic nitrogens is 1. The van der Waals surface area contributed by atoms with E-state index in [2.05, 4.69) is 15.9 Å². The maximum absolute atomic E-state index is 13.0. The topological polar surface area (TPSA) is 103 Å². The highest BCUT2D eigenvalue weighted by molar-refractivity contribution is 9.10. The number of benzene rings is 2. The van der Waals surface area contributed by atoms with Gasteiger partial charge < -0.3 is 4.57 Å². The third-order valence-corrected chi connectivity index (χ3v) is 7.02. The van der Waals surface area contributed by atoms with E-state index in [1.165, 1.54) is 24.3 Å². The number of hydrogen-bond donors (Lipinski definition) is 0. The molecule has 4 rings (SSSR count). The van der Waals surface area contributed by atoms with Crippen molar-refractivity contribution in [3.05, 3.63) is 96.1 Å². The van der Waals surface area contributed by atoms with Crippen LogP contribution in [0.25, 0.3) is 11.8 Å². The molecule has 1 aliphatic heterocycles. The number of halogens is 1. The van der Waals surface area contributed by atoms with Crippen molar-refractivity contribution in [1.82, 2.24) is 9.47 Å². The lowest BCUT2D eigenvalue weighted by Crippen LogP contribution is -2.27. The largest absolute Gasteiger partial charge is 0.317 e. The van der Waals surface area contributed by atoms with Crippen molar-refractivity contribution < 1.29 is 19.3 Å². The fourth-order valence-corrected chi connectivity index (χ4v) is 4.95. The van der Waals surface area contributed by atoms with Crippen LogP contribution in [0.2, 0.25) is 0 Å². The van der Waals surface area contributed by atoms with Crippen LogP contribution < -0.4 is 0 Å². The van der Waals surface area contributed by atoms with E-state index in [1.807, 2.05) is 42.7 Å². The van der Waals surface area contributed by atoms with Crippen LogP contribution in [-0.2, 0) is 11.3 Å². The Balaban J connectivity index is 1.66. The maximum atomic E-state index is 13.0. The van der Waals surface area contributed by atoms with Gasteiger partial charge in [-0.2, -0.15) is 0 Å². The average molecular weight is 540 g/mol. The summed E-state index contributed by atoms with van der Waals surface area (Å²) in [4.78, 5) is 49.1. The van der Waals surface area contributed by atoms with Crippen LogP contribution in [0.4, 0.5) is 10.5 Å². The Bertz CT molecular complexity index is 1360. The summed E-state index contributed by atoms with van der Waals surface area (Å²) in [6, 6.07) is 13.3. The second-order valence-electron chi connectivity index (χ2n) is 7.62. The van der Waals surface area contributed by atoms with Gasteiger partial charge in [-0.3, -0.25) is 29.4 Å². The summed E-state index contributed by atoms with van der Waals surface area (Å²) in [7, 11) is 0. The molecule has 0 atom stereocenters. The van der Waals surface area contributed by atoms with E-state index in [1.54, 1.807) is 6.08 Å². The van der Waals surface area contributed by atoms with Gasteiger partial charge in [-0.15, -0.1) is 0 Å².